The van der Waals surface area contributed by atoms with Gasteiger partial charge in [0.05, 0.1) is 0 Å². The Bertz CT molecular complexity index is 114. The third-order valence-corrected chi connectivity index (χ3v) is 1.33. The summed E-state index contributed by atoms with van der Waals surface area (Å²) in [5.41, 5.74) is 0. The van der Waals surface area contributed by atoms with Crippen molar-refractivity contribution in [3.8, 4) is 0 Å². The fourth-order valence-corrected chi connectivity index (χ4v) is 0.690. The van der Waals surface area contributed by atoms with Crippen LogP contribution in [0.2, 0.25) is 0 Å². The molecule has 1 nitrogen and oxygen atoms in total. The molecule has 1 N–H and O–H groups in total. The van der Waals surface area contributed by atoms with Crippen LogP contribution in [0.3, 0.4) is 0 Å². The van der Waals surface area contributed by atoms with Gasteiger partial charge in [-0.2, -0.15) is 0 Å². The van der Waals surface area contributed by atoms with E-state index >= 15 is 0 Å². The van der Waals surface area contributed by atoms with Gasteiger partial charge in [0.15, 0.2) is 0 Å². The maximum absolute atomic E-state index is 2.97. The van der Waals surface area contributed by atoms with E-state index in [4.69, 9.17) is 0 Å². The fourth-order valence-electron chi connectivity index (χ4n) is 0.690. The molecule has 0 aromatic rings. The lowest BCUT2D eigenvalue weighted by molar-refractivity contribution is 0.738. The lowest BCUT2D eigenvalue weighted by Gasteiger charge is -1.99. The van der Waals surface area contributed by atoms with E-state index in [1.807, 2.05) is 13.2 Å². The molecule has 1 atom stereocenters. The standard InChI is InChI=1S/C9H17N/c1-4-5-6-9(2)7-8-10-3/h4-5,7-10H,6H2,1-3H3/b5-4-,8-7+. The van der Waals surface area contributed by atoms with Gasteiger partial charge < -0.3 is 5.32 Å². The minimum absolute atomic E-state index is 0.642. The van der Waals surface area contributed by atoms with Crippen LogP contribution in [-0.4, -0.2) is 7.05 Å². The number of nitrogens with one attached hydrogen (secondary N) is 1. The average Bonchev–Trinajstić information content (AvgIpc) is 1.97. The van der Waals surface area contributed by atoms with E-state index in [1.54, 1.807) is 0 Å². The van der Waals surface area contributed by atoms with E-state index in [2.05, 4.69) is 37.4 Å². The van der Waals surface area contributed by atoms with Crippen LogP contribution in [0.25, 0.3) is 0 Å². The third kappa shape index (κ3) is 5.42. The SMILES string of the molecule is C/C=C\CC(C)/C=C/NC. The highest BCUT2D eigenvalue weighted by molar-refractivity contribution is 4.89. The molecule has 0 rings (SSSR count). The van der Waals surface area contributed by atoms with E-state index < -0.39 is 0 Å². The van der Waals surface area contributed by atoms with E-state index in [-0.39, 0.29) is 0 Å². The molecule has 1 heteroatoms. The quantitative estimate of drug-likeness (QED) is 0.589. The van der Waals surface area contributed by atoms with E-state index in [0.717, 1.165) is 6.42 Å². The van der Waals surface area contributed by atoms with Crippen molar-refractivity contribution in [3.63, 3.8) is 0 Å². The van der Waals surface area contributed by atoms with Gasteiger partial charge in [0.1, 0.15) is 0 Å². The molecular formula is C9H17N. The lowest BCUT2D eigenvalue weighted by Crippen LogP contribution is -1.94. The highest BCUT2D eigenvalue weighted by Crippen LogP contribution is 2.03. The third-order valence-electron chi connectivity index (χ3n) is 1.33. The second-order valence-electron chi connectivity index (χ2n) is 2.43. The van der Waals surface area contributed by atoms with E-state index in [0.29, 0.717) is 5.92 Å². The van der Waals surface area contributed by atoms with Gasteiger partial charge in [-0.1, -0.05) is 25.2 Å². The predicted molar refractivity (Wildman–Crippen MR) is 46.8 cm³/mol. The number of allylic oxidation sites excluding steroid dienone is 3. The summed E-state index contributed by atoms with van der Waals surface area (Å²) in [4.78, 5) is 0. The first-order valence-corrected chi connectivity index (χ1v) is 3.76. The van der Waals surface area contributed by atoms with Gasteiger partial charge in [-0.3, -0.25) is 0 Å². The molecule has 0 amide bonds. The van der Waals surface area contributed by atoms with Crippen LogP contribution in [0.1, 0.15) is 20.3 Å². The first-order chi connectivity index (χ1) is 4.81. The van der Waals surface area contributed by atoms with Crippen LogP contribution >= 0.6 is 0 Å². The molecule has 10 heavy (non-hydrogen) atoms. The highest BCUT2D eigenvalue weighted by Gasteiger charge is 1.89. The molecular weight excluding hydrogens is 122 g/mol. The van der Waals surface area contributed by atoms with Crippen molar-refractivity contribution >= 4 is 0 Å². The second-order valence-corrected chi connectivity index (χ2v) is 2.43. The number of hydrogen-bond donors (Lipinski definition) is 1. The van der Waals surface area contributed by atoms with Crippen LogP contribution in [0.15, 0.2) is 24.4 Å². The molecule has 0 fully saturated rings. The summed E-state index contributed by atoms with van der Waals surface area (Å²) in [5.74, 6) is 0.642. The normalized spacial score (nSPS) is 14.7. The van der Waals surface area contributed by atoms with Crippen LogP contribution in [-0.2, 0) is 0 Å². The molecule has 0 bridgehead atoms. The monoisotopic (exact) mass is 139 g/mol. The van der Waals surface area contributed by atoms with Gasteiger partial charge in [-0.25, -0.2) is 0 Å². The number of hydrogen-bond acceptors (Lipinski definition) is 1. The summed E-state index contributed by atoms with van der Waals surface area (Å²) < 4.78 is 0. The average molecular weight is 139 g/mol. The minimum atomic E-state index is 0.642. The first kappa shape index (κ1) is 9.28. The van der Waals surface area contributed by atoms with Crippen molar-refractivity contribution in [3.05, 3.63) is 24.4 Å². The highest BCUT2D eigenvalue weighted by atomic mass is 14.8. The fraction of sp³-hybridized carbons (Fsp3) is 0.556. The molecule has 0 aromatic carbocycles. The molecule has 0 aromatic heterocycles. The summed E-state index contributed by atoms with van der Waals surface area (Å²) in [7, 11) is 1.92. The van der Waals surface area contributed by atoms with E-state index in [1.165, 1.54) is 0 Å². The molecule has 0 heterocycles. The molecule has 0 aliphatic carbocycles. The Hall–Kier alpha value is -0.720. The van der Waals surface area contributed by atoms with Gasteiger partial charge >= 0.3 is 0 Å². The molecule has 0 spiro atoms. The van der Waals surface area contributed by atoms with Crippen molar-refractivity contribution < 1.29 is 0 Å². The maximum Gasteiger partial charge on any atom is 0.00276 e. The van der Waals surface area contributed by atoms with Gasteiger partial charge in [-0.15, -0.1) is 0 Å². The van der Waals surface area contributed by atoms with Crippen LogP contribution in [0.4, 0.5) is 0 Å². The first-order valence-electron chi connectivity index (χ1n) is 3.76. The van der Waals surface area contributed by atoms with Crippen LogP contribution < -0.4 is 5.32 Å². The Morgan fingerprint density at radius 3 is 2.70 bits per heavy atom. The summed E-state index contributed by atoms with van der Waals surface area (Å²) in [6, 6.07) is 0. The van der Waals surface area contributed by atoms with Crippen LogP contribution in [0.5, 0.6) is 0 Å². The molecule has 0 saturated carbocycles. The van der Waals surface area contributed by atoms with Gasteiger partial charge in [-0.05, 0) is 25.5 Å². The number of rotatable bonds is 4. The molecule has 0 aliphatic heterocycles. The Balaban J connectivity index is 3.42. The molecule has 0 radical (unpaired) electrons. The lowest BCUT2D eigenvalue weighted by atomic mass is 10.1. The minimum Gasteiger partial charge on any atom is -0.394 e. The van der Waals surface area contributed by atoms with Gasteiger partial charge in [0, 0.05) is 7.05 Å². The zero-order valence-electron chi connectivity index (χ0n) is 7.09. The molecule has 58 valence electrons. The summed E-state index contributed by atoms with van der Waals surface area (Å²) in [6.45, 7) is 4.25. The predicted octanol–water partition coefficient (Wildman–Crippen LogP) is 2.32. The van der Waals surface area contributed by atoms with Crippen LogP contribution in [0, 0.1) is 5.92 Å². The molecule has 1 unspecified atom stereocenters. The Morgan fingerprint density at radius 2 is 2.20 bits per heavy atom. The van der Waals surface area contributed by atoms with Crippen molar-refractivity contribution in [2.24, 2.45) is 5.92 Å². The molecule has 0 saturated heterocycles. The second kappa shape index (κ2) is 6.40. The zero-order valence-corrected chi connectivity index (χ0v) is 7.09. The van der Waals surface area contributed by atoms with Crippen molar-refractivity contribution in [2.75, 3.05) is 7.05 Å². The van der Waals surface area contributed by atoms with Crippen molar-refractivity contribution in [1.82, 2.24) is 5.32 Å². The van der Waals surface area contributed by atoms with Gasteiger partial charge in [0.25, 0.3) is 0 Å². The maximum atomic E-state index is 2.97. The van der Waals surface area contributed by atoms with Crippen molar-refractivity contribution in [1.29, 1.82) is 0 Å². The summed E-state index contributed by atoms with van der Waals surface area (Å²) in [5, 5.41) is 2.97. The van der Waals surface area contributed by atoms with E-state index in [9.17, 15) is 0 Å². The summed E-state index contributed by atoms with van der Waals surface area (Å²) >= 11 is 0. The smallest absolute Gasteiger partial charge is 0.00276 e. The Morgan fingerprint density at radius 1 is 1.50 bits per heavy atom. The molecule has 0 aliphatic rings. The zero-order chi connectivity index (χ0) is 7.82. The largest absolute Gasteiger partial charge is 0.394 e. The Labute approximate surface area is 63.8 Å². The van der Waals surface area contributed by atoms with Gasteiger partial charge in [0.2, 0.25) is 0 Å². The topological polar surface area (TPSA) is 12.0 Å². The Kier molecular flexibility index (Phi) is 5.94. The summed E-state index contributed by atoms with van der Waals surface area (Å²) in [6.07, 6.45) is 9.55. The van der Waals surface area contributed by atoms with Crippen molar-refractivity contribution in [2.45, 2.75) is 20.3 Å².